The summed E-state index contributed by atoms with van der Waals surface area (Å²) in [5.74, 6) is 0.513. The van der Waals surface area contributed by atoms with Crippen molar-refractivity contribution < 1.29 is 9.53 Å². The first-order valence-corrected chi connectivity index (χ1v) is 4.74. The van der Waals surface area contributed by atoms with Gasteiger partial charge in [0, 0.05) is 17.8 Å². The van der Waals surface area contributed by atoms with Gasteiger partial charge in [-0.15, -0.1) is 0 Å². The molecule has 16 heavy (non-hydrogen) atoms. The van der Waals surface area contributed by atoms with Gasteiger partial charge in [0.2, 0.25) is 11.8 Å². The van der Waals surface area contributed by atoms with Gasteiger partial charge in [-0.3, -0.25) is 4.79 Å². The van der Waals surface area contributed by atoms with Crippen molar-refractivity contribution >= 4 is 5.91 Å². The first-order valence-electron chi connectivity index (χ1n) is 4.74. The van der Waals surface area contributed by atoms with Gasteiger partial charge in [-0.25, -0.2) is 4.98 Å². The number of rotatable bonds is 3. The van der Waals surface area contributed by atoms with Crippen LogP contribution in [0, 0.1) is 0 Å². The second kappa shape index (κ2) is 4.44. The van der Waals surface area contributed by atoms with E-state index in [4.69, 9.17) is 10.5 Å². The van der Waals surface area contributed by atoms with Gasteiger partial charge in [0.1, 0.15) is 5.75 Å². The van der Waals surface area contributed by atoms with Crippen LogP contribution in [0.4, 0.5) is 0 Å². The van der Waals surface area contributed by atoms with E-state index in [0.29, 0.717) is 17.2 Å². The molecule has 0 aliphatic carbocycles. The average Bonchev–Trinajstić information content (AvgIpc) is 2.30. The second-order valence-electron chi connectivity index (χ2n) is 3.16. The Morgan fingerprint density at radius 2 is 1.94 bits per heavy atom. The Kier molecular flexibility index (Phi) is 2.82. The van der Waals surface area contributed by atoms with Gasteiger partial charge in [-0.2, -0.15) is 0 Å². The van der Waals surface area contributed by atoms with Gasteiger partial charge in [0.25, 0.3) is 0 Å². The van der Waals surface area contributed by atoms with Crippen LogP contribution in [0.1, 0.15) is 10.4 Å². The van der Waals surface area contributed by atoms with Crippen molar-refractivity contribution in [3.8, 4) is 11.6 Å². The third-order valence-electron chi connectivity index (χ3n) is 1.98. The normalized spacial score (nSPS) is 9.75. The number of carbonyl (C=O) groups is 1. The summed E-state index contributed by atoms with van der Waals surface area (Å²) < 4.78 is 5.45. The molecular weight excluding hydrogens is 204 g/mol. The van der Waals surface area contributed by atoms with E-state index < -0.39 is 5.91 Å². The van der Waals surface area contributed by atoms with Crippen molar-refractivity contribution in [2.75, 3.05) is 0 Å². The number of primary amides is 1. The van der Waals surface area contributed by atoms with E-state index in [1.165, 1.54) is 12.3 Å². The van der Waals surface area contributed by atoms with Crippen LogP contribution in [0.2, 0.25) is 0 Å². The summed E-state index contributed by atoms with van der Waals surface area (Å²) in [7, 11) is 0. The molecular formula is C12H10N2O2. The highest BCUT2D eigenvalue weighted by molar-refractivity contribution is 5.92. The molecule has 2 aromatic rings. The van der Waals surface area contributed by atoms with Crippen LogP contribution < -0.4 is 10.5 Å². The molecule has 2 rings (SSSR count). The standard InChI is InChI=1S/C12H10N2O2/c13-12(15)9-6-7-14-11(8-9)16-10-4-2-1-3-5-10/h1-8H,(H2,13,15). The smallest absolute Gasteiger partial charge is 0.248 e. The Bertz CT molecular complexity index is 497. The number of ether oxygens (including phenoxy) is 1. The molecule has 1 aromatic heterocycles. The molecule has 0 radical (unpaired) electrons. The zero-order valence-corrected chi connectivity index (χ0v) is 8.46. The fraction of sp³-hybridized carbons (Fsp3) is 0. The zero-order chi connectivity index (χ0) is 11.4. The summed E-state index contributed by atoms with van der Waals surface area (Å²) in [6.07, 6.45) is 1.48. The summed E-state index contributed by atoms with van der Waals surface area (Å²) in [6, 6.07) is 12.3. The molecule has 0 saturated carbocycles. The molecule has 0 fully saturated rings. The van der Waals surface area contributed by atoms with E-state index in [1.54, 1.807) is 18.2 Å². The molecule has 0 aliphatic rings. The zero-order valence-electron chi connectivity index (χ0n) is 8.46. The Morgan fingerprint density at radius 3 is 2.62 bits per heavy atom. The van der Waals surface area contributed by atoms with Gasteiger partial charge < -0.3 is 10.5 Å². The fourth-order valence-corrected chi connectivity index (χ4v) is 1.23. The van der Waals surface area contributed by atoms with E-state index in [-0.39, 0.29) is 0 Å². The van der Waals surface area contributed by atoms with Gasteiger partial charge in [0.05, 0.1) is 0 Å². The summed E-state index contributed by atoms with van der Waals surface area (Å²) in [4.78, 5) is 14.9. The number of hydrogen-bond donors (Lipinski definition) is 1. The molecule has 0 spiro atoms. The Hall–Kier alpha value is -2.36. The first kappa shape index (κ1) is 10.2. The van der Waals surface area contributed by atoms with Crippen LogP contribution in [-0.2, 0) is 0 Å². The predicted molar refractivity (Wildman–Crippen MR) is 59.3 cm³/mol. The molecule has 0 atom stereocenters. The minimum atomic E-state index is -0.500. The lowest BCUT2D eigenvalue weighted by Crippen LogP contribution is -2.10. The Morgan fingerprint density at radius 1 is 1.19 bits per heavy atom. The fourth-order valence-electron chi connectivity index (χ4n) is 1.23. The number of benzene rings is 1. The molecule has 1 heterocycles. The molecule has 1 aromatic carbocycles. The number of hydrogen-bond acceptors (Lipinski definition) is 3. The van der Waals surface area contributed by atoms with Crippen molar-refractivity contribution in [3.05, 3.63) is 54.2 Å². The maximum absolute atomic E-state index is 10.9. The van der Waals surface area contributed by atoms with E-state index in [2.05, 4.69) is 4.98 Å². The first-order chi connectivity index (χ1) is 7.75. The Balaban J connectivity index is 2.22. The highest BCUT2D eigenvalue weighted by Gasteiger charge is 2.03. The lowest BCUT2D eigenvalue weighted by molar-refractivity contribution is 0.1000. The molecule has 0 aliphatic heterocycles. The number of nitrogens with zero attached hydrogens (tertiary/aromatic N) is 1. The summed E-state index contributed by atoms with van der Waals surface area (Å²) in [5.41, 5.74) is 5.53. The van der Waals surface area contributed by atoms with Crippen LogP contribution >= 0.6 is 0 Å². The number of aromatic nitrogens is 1. The largest absolute Gasteiger partial charge is 0.439 e. The summed E-state index contributed by atoms with van der Waals surface area (Å²) in [5, 5.41) is 0. The monoisotopic (exact) mass is 214 g/mol. The topological polar surface area (TPSA) is 65.2 Å². The van der Waals surface area contributed by atoms with Crippen LogP contribution in [0.15, 0.2) is 48.7 Å². The van der Waals surface area contributed by atoms with Gasteiger partial charge in [0.15, 0.2) is 0 Å². The van der Waals surface area contributed by atoms with E-state index >= 15 is 0 Å². The summed E-state index contributed by atoms with van der Waals surface area (Å²) in [6.45, 7) is 0. The lowest BCUT2D eigenvalue weighted by Gasteiger charge is -2.04. The van der Waals surface area contributed by atoms with E-state index in [0.717, 1.165) is 0 Å². The minimum absolute atomic E-state index is 0.350. The second-order valence-corrected chi connectivity index (χ2v) is 3.16. The van der Waals surface area contributed by atoms with Crippen molar-refractivity contribution in [2.24, 2.45) is 5.73 Å². The number of para-hydroxylation sites is 1. The van der Waals surface area contributed by atoms with E-state index in [1.807, 2.05) is 18.2 Å². The van der Waals surface area contributed by atoms with Crippen LogP contribution in [0.5, 0.6) is 11.6 Å². The number of pyridine rings is 1. The van der Waals surface area contributed by atoms with Crippen molar-refractivity contribution in [1.29, 1.82) is 0 Å². The maximum atomic E-state index is 10.9. The number of amides is 1. The maximum Gasteiger partial charge on any atom is 0.248 e. The van der Waals surface area contributed by atoms with Gasteiger partial charge in [-0.1, -0.05) is 18.2 Å². The molecule has 0 bridgehead atoms. The van der Waals surface area contributed by atoms with Crippen LogP contribution in [-0.4, -0.2) is 10.9 Å². The molecule has 4 nitrogen and oxygen atoms in total. The third kappa shape index (κ3) is 2.36. The average molecular weight is 214 g/mol. The van der Waals surface area contributed by atoms with E-state index in [9.17, 15) is 4.79 Å². The van der Waals surface area contributed by atoms with Gasteiger partial charge >= 0.3 is 0 Å². The van der Waals surface area contributed by atoms with Crippen molar-refractivity contribution in [2.45, 2.75) is 0 Å². The Labute approximate surface area is 92.7 Å². The van der Waals surface area contributed by atoms with Crippen LogP contribution in [0.3, 0.4) is 0 Å². The van der Waals surface area contributed by atoms with Gasteiger partial charge in [-0.05, 0) is 18.2 Å². The molecule has 0 unspecified atom stereocenters. The molecule has 0 saturated heterocycles. The van der Waals surface area contributed by atoms with Crippen molar-refractivity contribution in [3.63, 3.8) is 0 Å². The number of nitrogens with two attached hydrogens (primary N) is 1. The number of carbonyl (C=O) groups excluding carboxylic acids is 1. The highest BCUT2D eigenvalue weighted by Crippen LogP contribution is 2.18. The quantitative estimate of drug-likeness (QED) is 0.849. The molecule has 2 N–H and O–H groups in total. The molecule has 80 valence electrons. The summed E-state index contributed by atoms with van der Waals surface area (Å²) >= 11 is 0. The predicted octanol–water partition coefficient (Wildman–Crippen LogP) is 1.97. The van der Waals surface area contributed by atoms with Crippen molar-refractivity contribution in [1.82, 2.24) is 4.98 Å². The SMILES string of the molecule is NC(=O)c1ccnc(Oc2ccccc2)c1. The lowest BCUT2D eigenvalue weighted by atomic mass is 10.2. The minimum Gasteiger partial charge on any atom is -0.439 e. The molecule has 1 amide bonds. The highest BCUT2D eigenvalue weighted by atomic mass is 16.5. The van der Waals surface area contributed by atoms with Crippen LogP contribution in [0.25, 0.3) is 0 Å². The third-order valence-corrected chi connectivity index (χ3v) is 1.98. The molecule has 4 heteroatoms.